The van der Waals surface area contributed by atoms with E-state index in [4.69, 9.17) is 4.42 Å². The SMILES string of the molecule is Cc1cc(C)n(Cc2ccc(C(=O)N3CCCCC3)o2)n1. The second-order valence-corrected chi connectivity index (χ2v) is 5.70. The molecule has 1 fully saturated rings. The van der Waals surface area contributed by atoms with E-state index >= 15 is 0 Å². The molecule has 1 saturated heterocycles. The number of hydrogen-bond donors (Lipinski definition) is 0. The molecule has 0 saturated carbocycles. The molecular weight excluding hydrogens is 266 g/mol. The number of rotatable bonds is 3. The fourth-order valence-electron chi connectivity index (χ4n) is 2.81. The van der Waals surface area contributed by atoms with Crippen molar-refractivity contribution in [2.24, 2.45) is 0 Å². The first kappa shape index (κ1) is 13.9. The quantitative estimate of drug-likeness (QED) is 0.872. The van der Waals surface area contributed by atoms with Crippen LogP contribution in [0.2, 0.25) is 0 Å². The van der Waals surface area contributed by atoms with Gasteiger partial charge in [0.15, 0.2) is 5.76 Å². The second kappa shape index (κ2) is 5.76. The zero-order valence-corrected chi connectivity index (χ0v) is 12.6. The monoisotopic (exact) mass is 287 g/mol. The lowest BCUT2D eigenvalue weighted by Gasteiger charge is -2.25. The van der Waals surface area contributed by atoms with E-state index in [2.05, 4.69) is 5.10 Å². The molecule has 0 aromatic carbocycles. The summed E-state index contributed by atoms with van der Waals surface area (Å²) in [6.45, 7) is 6.23. The van der Waals surface area contributed by atoms with Crippen LogP contribution in [-0.4, -0.2) is 33.7 Å². The van der Waals surface area contributed by atoms with E-state index < -0.39 is 0 Å². The van der Waals surface area contributed by atoms with E-state index in [0.29, 0.717) is 12.3 Å². The van der Waals surface area contributed by atoms with Gasteiger partial charge in [-0.05, 0) is 51.3 Å². The lowest BCUT2D eigenvalue weighted by molar-refractivity contribution is 0.0690. The van der Waals surface area contributed by atoms with E-state index in [1.165, 1.54) is 6.42 Å². The molecular formula is C16H21N3O2. The first-order chi connectivity index (χ1) is 10.1. The minimum atomic E-state index is 0.00863. The Morgan fingerprint density at radius 2 is 2.00 bits per heavy atom. The first-order valence-electron chi connectivity index (χ1n) is 7.52. The molecule has 2 aromatic heterocycles. The highest BCUT2D eigenvalue weighted by atomic mass is 16.4. The Hall–Kier alpha value is -2.04. The molecule has 1 aliphatic heterocycles. The van der Waals surface area contributed by atoms with Gasteiger partial charge >= 0.3 is 0 Å². The van der Waals surface area contributed by atoms with Crippen LogP contribution in [0.25, 0.3) is 0 Å². The van der Waals surface area contributed by atoms with Gasteiger partial charge in [0.1, 0.15) is 5.76 Å². The topological polar surface area (TPSA) is 51.3 Å². The van der Waals surface area contributed by atoms with Gasteiger partial charge in [0, 0.05) is 18.8 Å². The minimum Gasteiger partial charge on any atom is -0.454 e. The van der Waals surface area contributed by atoms with Gasteiger partial charge in [0.05, 0.1) is 12.2 Å². The number of likely N-dealkylation sites (tertiary alicyclic amines) is 1. The van der Waals surface area contributed by atoms with Gasteiger partial charge in [0.2, 0.25) is 0 Å². The van der Waals surface area contributed by atoms with Crippen molar-refractivity contribution < 1.29 is 9.21 Å². The molecule has 21 heavy (non-hydrogen) atoms. The van der Waals surface area contributed by atoms with Crippen LogP contribution in [0.3, 0.4) is 0 Å². The molecule has 0 atom stereocenters. The Balaban J connectivity index is 1.71. The number of piperidine rings is 1. The van der Waals surface area contributed by atoms with E-state index in [0.717, 1.165) is 43.1 Å². The molecule has 3 heterocycles. The summed E-state index contributed by atoms with van der Waals surface area (Å²) in [6.07, 6.45) is 3.39. The van der Waals surface area contributed by atoms with Crippen molar-refractivity contribution in [3.63, 3.8) is 0 Å². The van der Waals surface area contributed by atoms with Crippen LogP contribution in [-0.2, 0) is 6.54 Å². The molecule has 0 spiro atoms. The molecule has 1 aliphatic rings. The third-order valence-corrected chi connectivity index (χ3v) is 3.92. The van der Waals surface area contributed by atoms with Gasteiger partial charge in [-0.15, -0.1) is 0 Å². The number of nitrogens with zero attached hydrogens (tertiary/aromatic N) is 3. The van der Waals surface area contributed by atoms with Crippen LogP contribution in [0.1, 0.15) is 47.0 Å². The smallest absolute Gasteiger partial charge is 0.289 e. The summed E-state index contributed by atoms with van der Waals surface area (Å²) in [7, 11) is 0. The maximum atomic E-state index is 12.3. The molecule has 2 aromatic rings. The Morgan fingerprint density at radius 1 is 1.24 bits per heavy atom. The molecule has 1 amide bonds. The van der Waals surface area contributed by atoms with Crippen molar-refractivity contribution in [3.8, 4) is 0 Å². The number of furan rings is 1. The van der Waals surface area contributed by atoms with Gasteiger partial charge < -0.3 is 9.32 Å². The summed E-state index contributed by atoms with van der Waals surface area (Å²) in [6, 6.07) is 5.67. The minimum absolute atomic E-state index is 0.00863. The number of aromatic nitrogens is 2. The van der Waals surface area contributed by atoms with Gasteiger partial charge in [-0.25, -0.2) is 0 Å². The molecule has 5 nitrogen and oxygen atoms in total. The molecule has 0 N–H and O–H groups in total. The molecule has 0 unspecified atom stereocenters. The van der Waals surface area contributed by atoms with Crippen LogP contribution < -0.4 is 0 Å². The summed E-state index contributed by atoms with van der Waals surface area (Å²) in [5, 5.41) is 4.41. The zero-order valence-electron chi connectivity index (χ0n) is 12.6. The van der Waals surface area contributed by atoms with E-state index in [9.17, 15) is 4.79 Å². The van der Waals surface area contributed by atoms with Gasteiger partial charge in [-0.1, -0.05) is 0 Å². The Labute approximate surface area is 124 Å². The normalized spacial score (nSPS) is 15.4. The van der Waals surface area contributed by atoms with Crippen LogP contribution in [0.15, 0.2) is 22.6 Å². The van der Waals surface area contributed by atoms with Gasteiger partial charge in [-0.3, -0.25) is 9.48 Å². The van der Waals surface area contributed by atoms with E-state index in [-0.39, 0.29) is 5.91 Å². The molecule has 0 radical (unpaired) electrons. The summed E-state index contributed by atoms with van der Waals surface area (Å²) in [4.78, 5) is 14.2. The Bertz CT molecular complexity index is 636. The van der Waals surface area contributed by atoms with Crippen LogP contribution >= 0.6 is 0 Å². The van der Waals surface area contributed by atoms with Crippen molar-refractivity contribution in [1.82, 2.24) is 14.7 Å². The average Bonchev–Trinajstić information content (AvgIpc) is 3.07. The number of carbonyl (C=O) groups is 1. The largest absolute Gasteiger partial charge is 0.454 e. The number of hydrogen-bond acceptors (Lipinski definition) is 3. The molecule has 0 bridgehead atoms. The highest BCUT2D eigenvalue weighted by Gasteiger charge is 2.21. The highest BCUT2D eigenvalue weighted by Crippen LogP contribution is 2.16. The van der Waals surface area contributed by atoms with Crippen LogP contribution in [0.5, 0.6) is 0 Å². The van der Waals surface area contributed by atoms with Crippen molar-refractivity contribution in [3.05, 3.63) is 41.1 Å². The summed E-state index contributed by atoms with van der Waals surface area (Å²) >= 11 is 0. The lowest BCUT2D eigenvalue weighted by Crippen LogP contribution is -2.35. The fraction of sp³-hybridized carbons (Fsp3) is 0.500. The standard InChI is InChI=1S/C16H21N3O2/c1-12-10-13(2)19(17-12)11-14-6-7-15(21-14)16(20)18-8-4-3-5-9-18/h6-7,10H,3-5,8-9,11H2,1-2H3. The Kier molecular flexibility index (Phi) is 3.82. The van der Waals surface area contributed by atoms with E-state index in [1.807, 2.05) is 35.6 Å². The maximum absolute atomic E-state index is 12.3. The van der Waals surface area contributed by atoms with Gasteiger partial charge in [0.25, 0.3) is 5.91 Å². The fourth-order valence-corrected chi connectivity index (χ4v) is 2.81. The maximum Gasteiger partial charge on any atom is 0.289 e. The van der Waals surface area contributed by atoms with Crippen LogP contribution in [0.4, 0.5) is 0 Å². The number of amides is 1. The van der Waals surface area contributed by atoms with Gasteiger partial charge in [-0.2, -0.15) is 5.10 Å². The predicted molar refractivity (Wildman–Crippen MR) is 79.3 cm³/mol. The van der Waals surface area contributed by atoms with Crippen molar-refractivity contribution in [2.45, 2.75) is 39.7 Å². The number of carbonyl (C=O) groups excluding carboxylic acids is 1. The highest BCUT2D eigenvalue weighted by molar-refractivity contribution is 5.91. The summed E-state index contributed by atoms with van der Waals surface area (Å²) in [5.74, 6) is 1.21. The van der Waals surface area contributed by atoms with Crippen molar-refractivity contribution >= 4 is 5.91 Å². The summed E-state index contributed by atoms with van der Waals surface area (Å²) in [5.41, 5.74) is 2.08. The molecule has 3 rings (SSSR count). The van der Waals surface area contributed by atoms with Crippen LogP contribution in [0, 0.1) is 13.8 Å². The van der Waals surface area contributed by atoms with E-state index in [1.54, 1.807) is 6.07 Å². The van der Waals surface area contributed by atoms with Crippen molar-refractivity contribution in [2.75, 3.05) is 13.1 Å². The molecule has 5 heteroatoms. The van der Waals surface area contributed by atoms with Crippen molar-refractivity contribution in [1.29, 1.82) is 0 Å². The predicted octanol–water partition coefficient (Wildman–Crippen LogP) is 2.77. The summed E-state index contributed by atoms with van der Waals surface area (Å²) < 4.78 is 7.61. The second-order valence-electron chi connectivity index (χ2n) is 5.70. The molecule has 112 valence electrons. The molecule has 0 aliphatic carbocycles. The average molecular weight is 287 g/mol. The number of aryl methyl sites for hydroxylation is 2. The lowest BCUT2D eigenvalue weighted by atomic mass is 10.1. The third-order valence-electron chi connectivity index (χ3n) is 3.92. The first-order valence-corrected chi connectivity index (χ1v) is 7.52. The zero-order chi connectivity index (χ0) is 14.8. The Morgan fingerprint density at radius 3 is 2.67 bits per heavy atom. The third kappa shape index (κ3) is 3.01.